The fourth-order valence-electron chi connectivity index (χ4n) is 2.44. The predicted octanol–water partition coefficient (Wildman–Crippen LogP) is 4.01. The average molecular weight is 272 g/mol. The van der Waals surface area contributed by atoms with Crippen LogP contribution in [0.15, 0.2) is 42.5 Å². The van der Waals surface area contributed by atoms with Crippen molar-refractivity contribution in [3.05, 3.63) is 59.4 Å². The van der Waals surface area contributed by atoms with Crippen molar-refractivity contribution in [2.24, 2.45) is 0 Å². The Morgan fingerprint density at radius 1 is 1.15 bits per heavy atom. The number of nitrogens with one attached hydrogen (secondary N) is 1. The summed E-state index contributed by atoms with van der Waals surface area (Å²) >= 11 is 0. The van der Waals surface area contributed by atoms with E-state index in [2.05, 4.69) is 42.3 Å². The minimum atomic E-state index is -0.164. The molecule has 0 atom stereocenters. The Morgan fingerprint density at radius 3 is 2.55 bits per heavy atom. The van der Waals surface area contributed by atoms with Crippen molar-refractivity contribution in [1.29, 1.82) is 0 Å². The van der Waals surface area contributed by atoms with E-state index in [1.54, 1.807) is 6.07 Å². The van der Waals surface area contributed by atoms with Crippen LogP contribution >= 0.6 is 0 Å². The molecule has 106 valence electrons. The first-order valence-corrected chi connectivity index (χ1v) is 6.93. The second-order valence-corrected chi connectivity index (χ2v) is 4.85. The molecule has 0 bridgehead atoms. The van der Waals surface area contributed by atoms with Crippen molar-refractivity contribution in [2.75, 3.05) is 18.5 Å². The maximum atomic E-state index is 14.1. The van der Waals surface area contributed by atoms with E-state index < -0.39 is 0 Å². The largest absolute Gasteiger partial charge is 0.341 e. The Hall–Kier alpha value is -1.87. The second kappa shape index (κ2) is 6.53. The molecule has 0 saturated carbocycles. The first-order valence-electron chi connectivity index (χ1n) is 6.93. The van der Waals surface area contributed by atoms with E-state index in [4.69, 9.17) is 0 Å². The number of hydrogen-bond donors (Lipinski definition) is 1. The van der Waals surface area contributed by atoms with Gasteiger partial charge in [0.2, 0.25) is 0 Å². The van der Waals surface area contributed by atoms with Crippen molar-refractivity contribution in [3.8, 4) is 0 Å². The van der Waals surface area contributed by atoms with Crippen LogP contribution in [0.2, 0.25) is 0 Å². The van der Waals surface area contributed by atoms with Crippen LogP contribution in [0.5, 0.6) is 0 Å². The Morgan fingerprint density at radius 2 is 1.90 bits per heavy atom. The highest BCUT2D eigenvalue weighted by Gasteiger charge is 2.14. The second-order valence-electron chi connectivity index (χ2n) is 4.85. The first-order chi connectivity index (χ1) is 9.67. The maximum Gasteiger partial charge on any atom is 0.129 e. The van der Waals surface area contributed by atoms with Crippen LogP contribution < -0.4 is 10.2 Å². The standard InChI is InChI=1S/C17H21FN2/c1-4-20(14-8-5-7-13(2)11-14)17-10-6-9-16(18)15(17)12-19-3/h5-11,19H,4,12H2,1-3H3. The van der Waals surface area contributed by atoms with Gasteiger partial charge in [-0.05, 0) is 50.7 Å². The predicted molar refractivity (Wildman–Crippen MR) is 83.0 cm³/mol. The summed E-state index contributed by atoms with van der Waals surface area (Å²) in [5.74, 6) is -0.164. The van der Waals surface area contributed by atoms with Crippen LogP contribution in [-0.4, -0.2) is 13.6 Å². The lowest BCUT2D eigenvalue weighted by Gasteiger charge is -2.26. The number of anilines is 2. The molecule has 0 amide bonds. The van der Waals surface area contributed by atoms with Crippen molar-refractivity contribution >= 4 is 11.4 Å². The van der Waals surface area contributed by atoms with Crippen molar-refractivity contribution in [1.82, 2.24) is 5.32 Å². The fraction of sp³-hybridized carbons (Fsp3) is 0.294. The molecule has 0 heterocycles. The SMILES string of the molecule is CCN(c1cccc(C)c1)c1cccc(F)c1CNC. The summed E-state index contributed by atoms with van der Waals surface area (Å²) < 4.78 is 14.1. The van der Waals surface area contributed by atoms with Gasteiger partial charge in [-0.25, -0.2) is 4.39 Å². The summed E-state index contributed by atoms with van der Waals surface area (Å²) in [6, 6.07) is 13.5. The Labute approximate surface area is 120 Å². The van der Waals surface area contributed by atoms with Crippen LogP contribution in [-0.2, 0) is 6.54 Å². The summed E-state index contributed by atoms with van der Waals surface area (Å²) in [4.78, 5) is 2.14. The Balaban J connectivity index is 2.49. The van der Waals surface area contributed by atoms with Gasteiger partial charge in [0.15, 0.2) is 0 Å². The third kappa shape index (κ3) is 2.99. The third-order valence-electron chi connectivity index (χ3n) is 3.37. The molecule has 0 saturated heterocycles. The fourth-order valence-corrected chi connectivity index (χ4v) is 2.44. The molecule has 0 aliphatic rings. The number of rotatable bonds is 5. The van der Waals surface area contributed by atoms with Crippen LogP contribution in [0.4, 0.5) is 15.8 Å². The number of halogens is 1. The van der Waals surface area contributed by atoms with Gasteiger partial charge in [-0.3, -0.25) is 0 Å². The highest BCUT2D eigenvalue weighted by Crippen LogP contribution is 2.30. The molecule has 0 aliphatic heterocycles. The molecule has 3 heteroatoms. The summed E-state index contributed by atoms with van der Waals surface area (Å²) in [6.45, 7) is 5.46. The van der Waals surface area contributed by atoms with Crippen LogP contribution in [0.25, 0.3) is 0 Å². The Kier molecular flexibility index (Phi) is 4.74. The molecule has 0 unspecified atom stereocenters. The molecule has 1 N–H and O–H groups in total. The Bertz CT molecular complexity index is 581. The molecule has 2 aromatic rings. The van der Waals surface area contributed by atoms with E-state index in [1.165, 1.54) is 11.6 Å². The molecule has 2 nitrogen and oxygen atoms in total. The first kappa shape index (κ1) is 14.5. The molecule has 0 radical (unpaired) electrons. The van der Waals surface area contributed by atoms with Gasteiger partial charge in [0.05, 0.1) is 0 Å². The maximum absolute atomic E-state index is 14.1. The molecule has 2 aromatic carbocycles. The van der Waals surface area contributed by atoms with Crippen molar-refractivity contribution in [3.63, 3.8) is 0 Å². The number of benzene rings is 2. The van der Waals surface area contributed by atoms with Gasteiger partial charge in [-0.2, -0.15) is 0 Å². The summed E-state index contributed by atoms with van der Waals surface area (Å²) in [5.41, 5.74) is 3.92. The lowest BCUT2D eigenvalue weighted by molar-refractivity contribution is 0.600. The molecule has 0 aliphatic carbocycles. The van der Waals surface area contributed by atoms with E-state index in [-0.39, 0.29) is 5.82 Å². The molecule has 0 spiro atoms. The molecule has 0 aromatic heterocycles. The average Bonchev–Trinajstić information content (AvgIpc) is 2.43. The topological polar surface area (TPSA) is 15.3 Å². The van der Waals surface area contributed by atoms with E-state index in [9.17, 15) is 4.39 Å². The lowest BCUT2D eigenvalue weighted by atomic mass is 10.1. The van der Waals surface area contributed by atoms with E-state index >= 15 is 0 Å². The van der Waals surface area contributed by atoms with Gasteiger partial charge in [0, 0.05) is 30.0 Å². The number of aryl methyl sites for hydroxylation is 1. The van der Waals surface area contributed by atoms with Crippen molar-refractivity contribution < 1.29 is 4.39 Å². The number of hydrogen-bond acceptors (Lipinski definition) is 2. The molecule has 20 heavy (non-hydrogen) atoms. The van der Waals surface area contributed by atoms with Crippen LogP contribution in [0, 0.1) is 12.7 Å². The summed E-state index contributed by atoms with van der Waals surface area (Å²) in [5, 5.41) is 3.04. The molecular weight excluding hydrogens is 251 g/mol. The zero-order valence-electron chi connectivity index (χ0n) is 12.3. The van der Waals surface area contributed by atoms with Gasteiger partial charge in [-0.1, -0.05) is 18.2 Å². The van der Waals surface area contributed by atoms with Crippen LogP contribution in [0.3, 0.4) is 0 Å². The van der Waals surface area contributed by atoms with E-state index in [0.717, 1.165) is 17.9 Å². The number of nitrogens with zero attached hydrogens (tertiary/aromatic N) is 1. The van der Waals surface area contributed by atoms with Crippen LogP contribution in [0.1, 0.15) is 18.1 Å². The summed E-state index contributed by atoms with van der Waals surface area (Å²) in [6.07, 6.45) is 0. The highest BCUT2D eigenvalue weighted by atomic mass is 19.1. The van der Waals surface area contributed by atoms with E-state index in [0.29, 0.717) is 12.1 Å². The van der Waals surface area contributed by atoms with Gasteiger partial charge in [0.25, 0.3) is 0 Å². The normalized spacial score (nSPS) is 10.6. The third-order valence-corrected chi connectivity index (χ3v) is 3.37. The van der Waals surface area contributed by atoms with Gasteiger partial charge in [0.1, 0.15) is 5.82 Å². The van der Waals surface area contributed by atoms with Gasteiger partial charge >= 0.3 is 0 Å². The van der Waals surface area contributed by atoms with Crippen molar-refractivity contribution in [2.45, 2.75) is 20.4 Å². The lowest BCUT2D eigenvalue weighted by Crippen LogP contribution is -2.20. The highest BCUT2D eigenvalue weighted by molar-refractivity contribution is 5.67. The minimum absolute atomic E-state index is 0.164. The smallest absolute Gasteiger partial charge is 0.129 e. The molecule has 2 rings (SSSR count). The quantitative estimate of drug-likeness (QED) is 0.884. The monoisotopic (exact) mass is 272 g/mol. The van der Waals surface area contributed by atoms with Gasteiger partial charge < -0.3 is 10.2 Å². The summed E-state index contributed by atoms with van der Waals surface area (Å²) in [7, 11) is 1.83. The zero-order chi connectivity index (χ0) is 14.5. The van der Waals surface area contributed by atoms with Gasteiger partial charge in [-0.15, -0.1) is 0 Å². The zero-order valence-corrected chi connectivity index (χ0v) is 12.3. The minimum Gasteiger partial charge on any atom is -0.341 e. The van der Waals surface area contributed by atoms with E-state index in [1.807, 2.05) is 19.2 Å². The molecule has 0 fully saturated rings. The molecular formula is C17H21FN2.